The third-order valence-electron chi connectivity index (χ3n) is 1.86. The lowest BCUT2D eigenvalue weighted by Gasteiger charge is -2.11. The van der Waals surface area contributed by atoms with Crippen LogP contribution in [0.5, 0.6) is 0 Å². The Hall–Kier alpha value is -0.380. The maximum Gasteiger partial charge on any atom is 0.0613 e. The van der Waals surface area contributed by atoms with Crippen LogP contribution in [-0.4, -0.2) is 26.3 Å². The van der Waals surface area contributed by atoms with Crippen molar-refractivity contribution in [3.05, 3.63) is 22.4 Å². The second kappa shape index (κ2) is 6.13. The van der Waals surface area contributed by atoms with Gasteiger partial charge in [0.25, 0.3) is 0 Å². The monoisotopic (exact) mass is 199 g/mol. The Morgan fingerprint density at radius 3 is 3.08 bits per heavy atom. The summed E-state index contributed by atoms with van der Waals surface area (Å²) in [4.78, 5) is 1.44. The van der Waals surface area contributed by atoms with E-state index in [0.29, 0.717) is 6.04 Å². The van der Waals surface area contributed by atoms with Crippen LogP contribution in [0.25, 0.3) is 0 Å². The number of hydrogen-bond acceptors (Lipinski definition) is 3. The Balaban J connectivity index is 2.07. The van der Waals surface area contributed by atoms with Gasteiger partial charge in [-0.3, -0.25) is 0 Å². The van der Waals surface area contributed by atoms with E-state index in [1.807, 2.05) is 11.3 Å². The highest BCUT2D eigenvalue weighted by molar-refractivity contribution is 7.09. The summed E-state index contributed by atoms with van der Waals surface area (Å²) in [6.07, 6.45) is 1.12. The number of nitrogens with one attached hydrogen (secondary N) is 1. The molecule has 13 heavy (non-hydrogen) atoms. The SMILES string of the molecule is COC[C@@H](C)NCCc1cccs1. The van der Waals surface area contributed by atoms with Gasteiger partial charge in [-0.15, -0.1) is 11.3 Å². The van der Waals surface area contributed by atoms with Crippen molar-refractivity contribution in [2.75, 3.05) is 20.3 Å². The van der Waals surface area contributed by atoms with Crippen LogP contribution in [0.3, 0.4) is 0 Å². The van der Waals surface area contributed by atoms with Crippen molar-refractivity contribution in [1.82, 2.24) is 5.32 Å². The van der Waals surface area contributed by atoms with Gasteiger partial charge in [-0.05, 0) is 24.8 Å². The van der Waals surface area contributed by atoms with Crippen molar-refractivity contribution >= 4 is 11.3 Å². The summed E-state index contributed by atoms with van der Waals surface area (Å²) >= 11 is 1.82. The molecule has 1 atom stereocenters. The lowest BCUT2D eigenvalue weighted by molar-refractivity contribution is 0.172. The van der Waals surface area contributed by atoms with Gasteiger partial charge in [-0.1, -0.05) is 6.07 Å². The number of thiophene rings is 1. The summed E-state index contributed by atoms with van der Waals surface area (Å²) in [5.41, 5.74) is 0. The Morgan fingerprint density at radius 2 is 2.46 bits per heavy atom. The van der Waals surface area contributed by atoms with E-state index in [1.54, 1.807) is 7.11 Å². The molecule has 0 aliphatic heterocycles. The van der Waals surface area contributed by atoms with Crippen LogP contribution in [0, 0.1) is 0 Å². The van der Waals surface area contributed by atoms with Crippen molar-refractivity contribution < 1.29 is 4.74 Å². The molecule has 74 valence electrons. The van der Waals surface area contributed by atoms with E-state index in [1.165, 1.54) is 4.88 Å². The Kier molecular flexibility index (Phi) is 5.05. The van der Waals surface area contributed by atoms with Gasteiger partial charge >= 0.3 is 0 Å². The van der Waals surface area contributed by atoms with Crippen molar-refractivity contribution in [3.8, 4) is 0 Å². The molecule has 1 heterocycles. The standard InChI is InChI=1S/C10H17NOS/c1-9(8-12-2)11-6-5-10-4-3-7-13-10/h3-4,7,9,11H,5-6,8H2,1-2H3/t9-/m1/s1. The van der Waals surface area contributed by atoms with E-state index >= 15 is 0 Å². The lowest BCUT2D eigenvalue weighted by atomic mass is 10.3. The van der Waals surface area contributed by atoms with Crippen LogP contribution < -0.4 is 5.32 Å². The maximum absolute atomic E-state index is 5.03. The van der Waals surface area contributed by atoms with Gasteiger partial charge < -0.3 is 10.1 Å². The molecule has 0 fully saturated rings. The van der Waals surface area contributed by atoms with E-state index in [2.05, 4.69) is 29.8 Å². The number of rotatable bonds is 6. The molecule has 0 aliphatic rings. The van der Waals surface area contributed by atoms with Gasteiger partial charge in [-0.2, -0.15) is 0 Å². The summed E-state index contributed by atoms with van der Waals surface area (Å²) in [6, 6.07) is 4.72. The van der Waals surface area contributed by atoms with Gasteiger partial charge in [0.05, 0.1) is 6.61 Å². The molecule has 0 spiro atoms. The Bertz CT molecular complexity index is 211. The summed E-state index contributed by atoms with van der Waals surface area (Å²) in [5.74, 6) is 0. The van der Waals surface area contributed by atoms with E-state index in [0.717, 1.165) is 19.6 Å². The fourth-order valence-corrected chi connectivity index (χ4v) is 1.91. The van der Waals surface area contributed by atoms with Crippen LogP contribution in [0.4, 0.5) is 0 Å². The zero-order chi connectivity index (χ0) is 9.52. The van der Waals surface area contributed by atoms with Gasteiger partial charge in [0.2, 0.25) is 0 Å². The topological polar surface area (TPSA) is 21.3 Å². The van der Waals surface area contributed by atoms with Crippen molar-refractivity contribution in [3.63, 3.8) is 0 Å². The molecule has 1 N–H and O–H groups in total. The fourth-order valence-electron chi connectivity index (χ4n) is 1.21. The summed E-state index contributed by atoms with van der Waals surface area (Å²) in [6.45, 7) is 3.95. The number of ether oxygens (including phenoxy) is 1. The fraction of sp³-hybridized carbons (Fsp3) is 0.600. The number of hydrogen-bond donors (Lipinski definition) is 1. The van der Waals surface area contributed by atoms with Crippen LogP contribution in [0.15, 0.2) is 17.5 Å². The first kappa shape index (κ1) is 10.7. The van der Waals surface area contributed by atoms with Crippen LogP contribution in [0.2, 0.25) is 0 Å². The molecule has 0 bridgehead atoms. The van der Waals surface area contributed by atoms with E-state index in [9.17, 15) is 0 Å². The van der Waals surface area contributed by atoms with Crippen LogP contribution in [0.1, 0.15) is 11.8 Å². The first-order valence-corrected chi connectivity index (χ1v) is 5.45. The minimum absolute atomic E-state index is 0.449. The molecule has 1 aromatic rings. The average molecular weight is 199 g/mol. The molecule has 1 rings (SSSR count). The van der Waals surface area contributed by atoms with Gasteiger partial charge in [0, 0.05) is 24.6 Å². The molecule has 0 radical (unpaired) electrons. The minimum Gasteiger partial charge on any atom is -0.383 e. The number of methoxy groups -OCH3 is 1. The minimum atomic E-state index is 0.449. The first-order chi connectivity index (χ1) is 6.33. The highest BCUT2D eigenvalue weighted by Gasteiger charge is 1.99. The smallest absolute Gasteiger partial charge is 0.0613 e. The molecule has 1 aromatic heterocycles. The maximum atomic E-state index is 5.03. The Morgan fingerprint density at radius 1 is 1.62 bits per heavy atom. The molecular formula is C10H17NOS. The largest absolute Gasteiger partial charge is 0.383 e. The first-order valence-electron chi connectivity index (χ1n) is 4.57. The average Bonchev–Trinajstić information content (AvgIpc) is 2.57. The quantitative estimate of drug-likeness (QED) is 0.755. The summed E-state index contributed by atoms with van der Waals surface area (Å²) in [5, 5.41) is 5.52. The van der Waals surface area contributed by atoms with Crippen LogP contribution in [-0.2, 0) is 11.2 Å². The molecule has 0 saturated heterocycles. The zero-order valence-electron chi connectivity index (χ0n) is 8.25. The normalized spacial score (nSPS) is 13.1. The highest BCUT2D eigenvalue weighted by atomic mass is 32.1. The van der Waals surface area contributed by atoms with E-state index < -0.39 is 0 Å². The summed E-state index contributed by atoms with van der Waals surface area (Å²) in [7, 11) is 1.73. The molecule has 0 amide bonds. The van der Waals surface area contributed by atoms with Gasteiger partial charge in [0.1, 0.15) is 0 Å². The molecule has 0 aliphatic carbocycles. The van der Waals surface area contributed by atoms with E-state index in [4.69, 9.17) is 4.74 Å². The lowest BCUT2D eigenvalue weighted by Crippen LogP contribution is -2.31. The second-order valence-corrected chi connectivity index (χ2v) is 4.17. The van der Waals surface area contributed by atoms with Crippen molar-refractivity contribution in [2.24, 2.45) is 0 Å². The predicted molar refractivity (Wildman–Crippen MR) is 57.4 cm³/mol. The van der Waals surface area contributed by atoms with Crippen molar-refractivity contribution in [2.45, 2.75) is 19.4 Å². The van der Waals surface area contributed by atoms with Gasteiger partial charge in [0.15, 0.2) is 0 Å². The third-order valence-corrected chi connectivity index (χ3v) is 2.80. The van der Waals surface area contributed by atoms with E-state index in [-0.39, 0.29) is 0 Å². The second-order valence-electron chi connectivity index (χ2n) is 3.14. The molecular weight excluding hydrogens is 182 g/mol. The summed E-state index contributed by atoms with van der Waals surface area (Å²) < 4.78 is 5.03. The molecule has 2 nitrogen and oxygen atoms in total. The zero-order valence-corrected chi connectivity index (χ0v) is 9.06. The molecule has 0 saturated carbocycles. The molecule has 3 heteroatoms. The molecule has 0 unspecified atom stereocenters. The van der Waals surface area contributed by atoms with Crippen molar-refractivity contribution in [1.29, 1.82) is 0 Å². The van der Waals surface area contributed by atoms with Crippen LogP contribution >= 0.6 is 11.3 Å². The Labute approximate surface area is 83.9 Å². The predicted octanol–water partition coefficient (Wildman–Crippen LogP) is 1.92. The third kappa shape index (κ3) is 4.41. The molecule has 0 aromatic carbocycles. The highest BCUT2D eigenvalue weighted by Crippen LogP contribution is 2.08. The van der Waals surface area contributed by atoms with Gasteiger partial charge in [-0.25, -0.2) is 0 Å².